The maximum atomic E-state index is 13.5. The first-order valence-electron chi connectivity index (χ1n) is 4.97. The van der Waals surface area contributed by atoms with Crippen LogP contribution in [0.15, 0.2) is 46.9 Å². The predicted molar refractivity (Wildman–Crippen MR) is 73.2 cm³/mol. The Hall–Kier alpha value is -0.870. The summed E-state index contributed by atoms with van der Waals surface area (Å²) in [6, 6.07) is 12.1. The summed E-state index contributed by atoms with van der Waals surface area (Å²) >= 11 is 6.66. The van der Waals surface area contributed by atoms with E-state index in [2.05, 4.69) is 31.9 Å². The van der Waals surface area contributed by atoms with Crippen molar-refractivity contribution in [3.63, 3.8) is 0 Å². The lowest BCUT2D eigenvalue weighted by molar-refractivity contribution is 0.441. The van der Waals surface area contributed by atoms with E-state index < -0.39 is 0 Å². The van der Waals surface area contributed by atoms with Crippen LogP contribution in [0.4, 0.5) is 4.39 Å². The Kier molecular flexibility index (Phi) is 4.18. The van der Waals surface area contributed by atoms with Crippen LogP contribution in [0, 0.1) is 5.82 Å². The van der Waals surface area contributed by atoms with Gasteiger partial charge in [-0.25, -0.2) is 4.39 Å². The number of ether oxygens (including phenoxy) is 1. The van der Waals surface area contributed by atoms with Gasteiger partial charge in [0.2, 0.25) is 0 Å². The van der Waals surface area contributed by atoms with E-state index in [1.54, 1.807) is 24.3 Å². The summed E-state index contributed by atoms with van der Waals surface area (Å²) in [6.07, 6.45) is 0. The van der Waals surface area contributed by atoms with Crippen LogP contribution < -0.4 is 4.74 Å². The first kappa shape index (κ1) is 12.6. The van der Waals surface area contributed by atoms with Crippen LogP contribution in [0.25, 0.3) is 0 Å². The molecule has 0 unspecified atom stereocenters. The zero-order valence-corrected chi connectivity index (χ0v) is 12.0. The molecule has 0 aliphatic carbocycles. The molecule has 2 aromatic rings. The Bertz CT molecular complexity index is 511. The summed E-state index contributed by atoms with van der Waals surface area (Å²) < 4.78 is 20.0. The molecule has 17 heavy (non-hydrogen) atoms. The molecule has 0 heterocycles. The highest BCUT2D eigenvalue weighted by Gasteiger charge is 2.05. The third-order valence-corrected chi connectivity index (χ3v) is 3.37. The van der Waals surface area contributed by atoms with Gasteiger partial charge in [0.1, 0.15) is 5.75 Å². The molecule has 1 nitrogen and oxygen atoms in total. The lowest BCUT2D eigenvalue weighted by Gasteiger charge is -2.08. The van der Waals surface area contributed by atoms with Crippen molar-refractivity contribution < 1.29 is 9.13 Å². The number of hydrogen-bond donors (Lipinski definition) is 0. The zero-order valence-electron chi connectivity index (χ0n) is 8.79. The zero-order chi connectivity index (χ0) is 12.3. The van der Waals surface area contributed by atoms with Gasteiger partial charge in [0, 0.05) is 9.80 Å². The second kappa shape index (κ2) is 5.65. The molecule has 0 amide bonds. The van der Waals surface area contributed by atoms with E-state index in [0.717, 1.165) is 10.0 Å². The van der Waals surface area contributed by atoms with Crippen molar-refractivity contribution in [2.24, 2.45) is 0 Å². The van der Waals surface area contributed by atoms with Gasteiger partial charge >= 0.3 is 0 Å². The smallest absolute Gasteiger partial charge is 0.165 e. The van der Waals surface area contributed by atoms with Gasteiger partial charge in [0.05, 0.1) is 0 Å². The Morgan fingerprint density at radius 1 is 1.06 bits per heavy atom. The topological polar surface area (TPSA) is 9.23 Å². The second-order valence-corrected chi connectivity index (χ2v) is 4.93. The summed E-state index contributed by atoms with van der Waals surface area (Å²) in [5.74, 6) is 0.487. The van der Waals surface area contributed by atoms with Crippen LogP contribution >= 0.6 is 31.9 Å². The number of alkyl halides is 1. The van der Waals surface area contributed by atoms with Crippen molar-refractivity contribution in [3.8, 4) is 11.5 Å². The summed E-state index contributed by atoms with van der Waals surface area (Å²) in [4.78, 5) is 0. The van der Waals surface area contributed by atoms with E-state index in [1.807, 2.05) is 12.1 Å². The van der Waals surface area contributed by atoms with Crippen LogP contribution in [-0.4, -0.2) is 0 Å². The third kappa shape index (κ3) is 3.30. The molecule has 0 aromatic heterocycles. The van der Waals surface area contributed by atoms with E-state index >= 15 is 0 Å². The molecule has 0 aliphatic heterocycles. The van der Waals surface area contributed by atoms with Gasteiger partial charge in [-0.15, -0.1) is 0 Å². The Balaban J connectivity index is 2.25. The van der Waals surface area contributed by atoms with Crippen molar-refractivity contribution in [3.05, 3.63) is 58.3 Å². The fourth-order valence-electron chi connectivity index (χ4n) is 1.34. The molecule has 0 aliphatic rings. The minimum Gasteiger partial charge on any atom is -0.454 e. The highest BCUT2D eigenvalue weighted by atomic mass is 79.9. The van der Waals surface area contributed by atoms with E-state index in [-0.39, 0.29) is 11.6 Å². The van der Waals surface area contributed by atoms with Crippen LogP contribution in [-0.2, 0) is 5.33 Å². The molecule has 2 aromatic carbocycles. The molecule has 0 spiro atoms. The summed E-state index contributed by atoms with van der Waals surface area (Å²) in [7, 11) is 0. The lowest BCUT2D eigenvalue weighted by atomic mass is 10.2. The quantitative estimate of drug-likeness (QED) is 0.678. The van der Waals surface area contributed by atoms with Gasteiger partial charge in [0.25, 0.3) is 0 Å². The molecular formula is C13H9Br2FO. The van der Waals surface area contributed by atoms with Crippen LogP contribution in [0.5, 0.6) is 11.5 Å². The van der Waals surface area contributed by atoms with Gasteiger partial charge in [-0.1, -0.05) is 37.9 Å². The van der Waals surface area contributed by atoms with Crippen LogP contribution in [0.1, 0.15) is 5.56 Å². The normalized spacial score (nSPS) is 10.3. The fourth-order valence-corrected chi connectivity index (χ4v) is 1.95. The summed E-state index contributed by atoms with van der Waals surface area (Å²) in [6.45, 7) is 0. The maximum absolute atomic E-state index is 13.5. The van der Waals surface area contributed by atoms with Gasteiger partial charge in [-0.3, -0.25) is 0 Å². The average Bonchev–Trinajstić information content (AvgIpc) is 2.35. The molecule has 2 rings (SSSR count). The largest absolute Gasteiger partial charge is 0.454 e. The minimum atomic E-state index is -0.363. The van der Waals surface area contributed by atoms with Crippen LogP contribution in [0.3, 0.4) is 0 Å². The SMILES string of the molecule is Fc1ccc(CBr)cc1Oc1ccc(Br)cc1. The molecule has 0 radical (unpaired) electrons. The first-order chi connectivity index (χ1) is 8.19. The van der Waals surface area contributed by atoms with Gasteiger partial charge in [0.15, 0.2) is 11.6 Å². The van der Waals surface area contributed by atoms with Crippen molar-refractivity contribution in [1.29, 1.82) is 0 Å². The molecule has 0 saturated carbocycles. The highest BCUT2D eigenvalue weighted by Crippen LogP contribution is 2.27. The predicted octanol–water partition coefficient (Wildman–Crippen LogP) is 5.28. The van der Waals surface area contributed by atoms with E-state index in [9.17, 15) is 4.39 Å². The summed E-state index contributed by atoms with van der Waals surface area (Å²) in [5.41, 5.74) is 0.971. The summed E-state index contributed by atoms with van der Waals surface area (Å²) in [5, 5.41) is 0.671. The molecule has 0 N–H and O–H groups in total. The molecular weight excluding hydrogens is 351 g/mol. The van der Waals surface area contributed by atoms with Crippen molar-refractivity contribution in [1.82, 2.24) is 0 Å². The van der Waals surface area contributed by atoms with E-state index in [0.29, 0.717) is 11.1 Å². The Labute approximate surface area is 116 Å². The second-order valence-electron chi connectivity index (χ2n) is 3.45. The number of rotatable bonds is 3. The Morgan fingerprint density at radius 3 is 2.41 bits per heavy atom. The van der Waals surface area contributed by atoms with Crippen molar-refractivity contribution in [2.45, 2.75) is 5.33 Å². The lowest BCUT2D eigenvalue weighted by Crippen LogP contribution is -1.90. The van der Waals surface area contributed by atoms with Gasteiger partial charge in [-0.2, -0.15) is 0 Å². The monoisotopic (exact) mass is 358 g/mol. The maximum Gasteiger partial charge on any atom is 0.165 e. The molecule has 0 bridgehead atoms. The van der Waals surface area contributed by atoms with Crippen molar-refractivity contribution >= 4 is 31.9 Å². The fraction of sp³-hybridized carbons (Fsp3) is 0.0769. The molecule has 88 valence electrons. The number of benzene rings is 2. The molecule has 4 heteroatoms. The third-order valence-electron chi connectivity index (χ3n) is 2.19. The molecule has 0 atom stereocenters. The minimum absolute atomic E-state index is 0.240. The molecule has 0 saturated heterocycles. The van der Waals surface area contributed by atoms with E-state index in [4.69, 9.17) is 4.74 Å². The highest BCUT2D eigenvalue weighted by molar-refractivity contribution is 9.10. The molecule has 0 fully saturated rings. The van der Waals surface area contributed by atoms with Gasteiger partial charge < -0.3 is 4.74 Å². The standard InChI is InChI=1S/C13H9Br2FO/c14-8-9-1-6-12(16)13(7-9)17-11-4-2-10(15)3-5-11/h1-7H,8H2. The average molecular weight is 360 g/mol. The number of hydrogen-bond acceptors (Lipinski definition) is 1. The van der Waals surface area contributed by atoms with Crippen LogP contribution in [0.2, 0.25) is 0 Å². The van der Waals surface area contributed by atoms with Gasteiger partial charge in [-0.05, 0) is 42.0 Å². The number of halogens is 3. The Morgan fingerprint density at radius 2 is 1.76 bits per heavy atom. The first-order valence-corrected chi connectivity index (χ1v) is 6.88. The van der Waals surface area contributed by atoms with Crippen molar-refractivity contribution in [2.75, 3.05) is 0 Å². The van der Waals surface area contributed by atoms with E-state index in [1.165, 1.54) is 6.07 Å².